The van der Waals surface area contributed by atoms with Crippen LogP contribution in [0.25, 0.3) is 0 Å². The Balaban J connectivity index is 2.85. The van der Waals surface area contributed by atoms with Crippen molar-refractivity contribution >= 4 is 11.8 Å². The van der Waals surface area contributed by atoms with Gasteiger partial charge in [-0.1, -0.05) is 37.0 Å². The summed E-state index contributed by atoms with van der Waals surface area (Å²) in [6.07, 6.45) is 8.93. The van der Waals surface area contributed by atoms with Crippen LogP contribution in [0.4, 0.5) is 4.39 Å². The van der Waals surface area contributed by atoms with E-state index in [2.05, 4.69) is 23.8 Å². The van der Waals surface area contributed by atoms with Crippen molar-refractivity contribution in [1.82, 2.24) is 10.6 Å². The molecule has 0 spiro atoms. The minimum absolute atomic E-state index is 0.263. The van der Waals surface area contributed by atoms with Crippen molar-refractivity contribution in [3.8, 4) is 0 Å². The number of nitrogens with one attached hydrogen (secondary N) is 2. The third-order valence-electron chi connectivity index (χ3n) is 3.99. The zero-order valence-corrected chi connectivity index (χ0v) is 15.9. The summed E-state index contributed by atoms with van der Waals surface area (Å²) >= 11 is 0. The molecular weight excluding hydrogens is 331 g/mol. The summed E-state index contributed by atoms with van der Waals surface area (Å²) in [4.78, 5) is 25.2. The Morgan fingerprint density at radius 2 is 1.46 bits per heavy atom. The summed E-state index contributed by atoms with van der Waals surface area (Å²) in [5, 5.41) is 5.40. The maximum absolute atomic E-state index is 13.7. The average Bonchev–Trinajstić information content (AvgIpc) is 3.39. The molecule has 0 aromatic carbocycles. The Labute approximate surface area is 154 Å². The van der Waals surface area contributed by atoms with Crippen molar-refractivity contribution in [3.05, 3.63) is 71.9 Å². The van der Waals surface area contributed by atoms with Crippen molar-refractivity contribution in [2.24, 2.45) is 5.41 Å². The van der Waals surface area contributed by atoms with E-state index >= 15 is 0 Å². The van der Waals surface area contributed by atoms with Gasteiger partial charge < -0.3 is 10.6 Å². The zero-order valence-electron chi connectivity index (χ0n) is 15.9. The number of allylic oxidation sites excluding steroid dienone is 8. The van der Waals surface area contributed by atoms with Crippen LogP contribution in [0.2, 0.25) is 0 Å². The number of hydrogen-bond acceptors (Lipinski definition) is 2. The van der Waals surface area contributed by atoms with Crippen molar-refractivity contribution < 1.29 is 14.0 Å². The molecule has 0 bridgehead atoms. The van der Waals surface area contributed by atoms with E-state index < -0.39 is 17.1 Å². The van der Waals surface area contributed by atoms with Crippen LogP contribution in [-0.2, 0) is 9.59 Å². The Bertz CT molecular complexity index is 735. The van der Waals surface area contributed by atoms with Crippen LogP contribution in [0.3, 0.4) is 0 Å². The highest BCUT2D eigenvalue weighted by Gasteiger charge is 2.56. The largest absolute Gasteiger partial charge is 0.325 e. The summed E-state index contributed by atoms with van der Waals surface area (Å²) in [5.41, 5.74) is 0.883. The van der Waals surface area contributed by atoms with Crippen LogP contribution in [0.5, 0.6) is 0 Å². The average molecular weight is 358 g/mol. The predicted molar refractivity (Wildman–Crippen MR) is 103 cm³/mol. The van der Waals surface area contributed by atoms with Crippen LogP contribution in [-0.4, -0.2) is 11.8 Å². The molecule has 4 nitrogen and oxygen atoms in total. The molecule has 1 aliphatic carbocycles. The summed E-state index contributed by atoms with van der Waals surface area (Å²) in [6.45, 7) is 14.1. The minimum atomic E-state index is -1.12. The minimum Gasteiger partial charge on any atom is -0.325 e. The quantitative estimate of drug-likeness (QED) is 0.500. The summed E-state index contributed by atoms with van der Waals surface area (Å²) in [6, 6.07) is 0. The normalized spacial score (nSPS) is 17.0. The second-order valence-corrected chi connectivity index (χ2v) is 6.43. The van der Waals surface area contributed by atoms with E-state index in [0.29, 0.717) is 24.2 Å². The highest BCUT2D eigenvalue weighted by atomic mass is 19.1. The van der Waals surface area contributed by atoms with Gasteiger partial charge in [-0.05, 0) is 58.3 Å². The number of hydrogen-bond donors (Lipinski definition) is 2. The molecule has 0 saturated heterocycles. The van der Waals surface area contributed by atoms with Gasteiger partial charge in [-0.3, -0.25) is 9.59 Å². The fourth-order valence-corrected chi connectivity index (χ4v) is 2.08. The van der Waals surface area contributed by atoms with Crippen LogP contribution in [0, 0.1) is 5.41 Å². The molecule has 1 aliphatic rings. The topological polar surface area (TPSA) is 58.2 Å². The molecule has 5 heteroatoms. The lowest BCUT2D eigenvalue weighted by Gasteiger charge is -2.16. The number of amides is 2. The zero-order chi connectivity index (χ0) is 19.9. The first-order chi connectivity index (χ1) is 12.2. The molecule has 0 heterocycles. The first-order valence-electron chi connectivity index (χ1n) is 8.48. The smallest absolute Gasteiger partial charge is 0.240 e. The SMILES string of the molecule is C=C(C)/C=C\C(=C/C)NC(=O)C1(C(=O)NC(=C/C)/C=C(/F)C(=C)C)CC1. The van der Waals surface area contributed by atoms with Crippen molar-refractivity contribution in [1.29, 1.82) is 0 Å². The molecule has 26 heavy (non-hydrogen) atoms. The molecular formula is C21H27FN2O2. The van der Waals surface area contributed by atoms with Gasteiger partial charge in [-0.15, -0.1) is 0 Å². The molecule has 1 rings (SSSR count). The Morgan fingerprint density at radius 1 is 0.962 bits per heavy atom. The molecule has 0 aromatic rings. The van der Waals surface area contributed by atoms with Gasteiger partial charge in [0.2, 0.25) is 11.8 Å². The van der Waals surface area contributed by atoms with Crippen molar-refractivity contribution in [2.45, 2.75) is 40.5 Å². The van der Waals surface area contributed by atoms with Crippen LogP contribution >= 0.6 is 0 Å². The Hall–Kier alpha value is -2.69. The fraction of sp³-hybridized carbons (Fsp3) is 0.333. The molecule has 0 atom stereocenters. The van der Waals surface area contributed by atoms with Gasteiger partial charge in [0.15, 0.2) is 0 Å². The first kappa shape index (κ1) is 21.4. The third-order valence-corrected chi connectivity index (χ3v) is 3.99. The highest BCUT2D eigenvalue weighted by Crippen LogP contribution is 2.46. The van der Waals surface area contributed by atoms with Crippen LogP contribution < -0.4 is 10.6 Å². The molecule has 0 aromatic heterocycles. The summed E-state index contributed by atoms with van der Waals surface area (Å²) in [7, 11) is 0. The van der Waals surface area contributed by atoms with Gasteiger partial charge in [0.05, 0.1) is 0 Å². The molecule has 1 saturated carbocycles. The lowest BCUT2D eigenvalue weighted by molar-refractivity contribution is -0.136. The van der Waals surface area contributed by atoms with E-state index in [9.17, 15) is 14.0 Å². The number of carbonyl (C=O) groups excluding carboxylic acids is 2. The fourth-order valence-electron chi connectivity index (χ4n) is 2.08. The number of rotatable bonds is 8. The summed E-state index contributed by atoms with van der Waals surface area (Å²) < 4.78 is 13.7. The van der Waals surface area contributed by atoms with E-state index in [1.54, 1.807) is 38.2 Å². The molecule has 0 radical (unpaired) electrons. The second kappa shape index (κ2) is 9.13. The van der Waals surface area contributed by atoms with Gasteiger partial charge in [-0.25, -0.2) is 4.39 Å². The molecule has 2 N–H and O–H groups in total. The van der Waals surface area contributed by atoms with E-state index in [-0.39, 0.29) is 11.5 Å². The van der Waals surface area contributed by atoms with Crippen LogP contribution in [0.1, 0.15) is 40.5 Å². The predicted octanol–water partition coefficient (Wildman–Crippen LogP) is 4.37. The molecule has 140 valence electrons. The monoisotopic (exact) mass is 358 g/mol. The maximum Gasteiger partial charge on any atom is 0.240 e. The third kappa shape index (κ3) is 5.69. The lowest BCUT2D eigenvalue weighted by Crippen LogP contribution is -2.42. The lowest BCUT2D eigenvalue weighted by atomic mass is 10.0. The Kier molecular flexibility index (Phi) is 7.50. The van der Waals surface area contributed by atoms with E-state index in [4.69, 9.17) is 0 Å². The van der Waals surface area contributed by atoms with Crippen molar-refractivity contribution in [2.75, 3.05) is 0 Å². The van der Waals surface area contributed by atoms with Gasteiger partial charge in [0.25, 0.3) is 0 Å². The van der Waals surface area contributed by atoms with E-state index in [0.717, 1.165) is 5.57 Å². The standard InChI is InChI=1S/C21H27FN2O2/c1-7-16(10-9-14(3)4)23-19(25)21(11-12-21)20(26)24-17(8-2)13-18(22)15(5)6/h7-10,13H,3,5,11-12H2,1-2,4,6H3,(H,23,25)(H,24,26)/b10-9-,16-7+,17-8+,18-13+. The van der Waals surface area contributed by atoms with Gasteiger partial charge >= 0.3 is 0 Å². The summed E-state index contributed by atoms with van der Waals surface area (Å²) in [5.74, 6) is -1.32. The Morgan fingerprint density at radius 3 is 1.85 bits per heavy atom. The maximum atomic E-state index is 13.7. The van der Waals surface area contributed by atoms with Gasteiger partial charge in [0.1, 0.15) is 11.2 Å². The van der Waals surface area contributed by atoms with Crippen LogP contribution in [0.15, 0.2) is 71.9 Å². The van der Waals surface area contributed by atoms with Gasteiger partial charge in [0, 0.05) is 11.4 Å². The van der Waals surface area contributed by atoms with E-state index in [1.807, 2.05) is 6.92 Å². The van der Waals surface area contributed by atoms with Gasteiger partial charge in [-0.2, -0.15) is 0 Å². The van der Waals surface area contributed by atoms with Crippen molar-refractivity contribution in [3.63, 3.8) is 0 Å². The molecule has 1 fully saturated rings. The number of halogens is 1. The molecule has 0 aliphatic heterocycles. The first-order valence-corrected chi connectivity index (χ1v) is 8.48. The molecule has 0 unspecified atom stereocenters. The number of carbonyl (C=O) groups is 2. The highest BCUT2D eigenvalue weighted by molar-refractivity contribution is 6.09. The second-order valence-electron chi connectivity index (χ2n) is 6.43. The molecule has 2 amide bonds. The van der Waals surface area contributed by atoms with E-state index in [1.165, 1.54) is 13.0 Å².